The van der Waals surface area contributed by atoms with Crippen molar-refractivity contribution in [3.8, 4) is 5.75 Å². The van der Waals surface area contributed by atoms with Gasteiger partial charge in [0.1, 0.15) is 5.75 Å². The average molecular weight is 251 g/mol. The highest BCUT2D eigenvalue weighted by atomic mass is 16.3. The van der Waals surface area contributed by atoms with Crippen LogP contribution in [0.2, 0.25) is 0 Å². The van der Waals surface area contributed by atoms with Gasteiger partial charge in [-0.15, -0.1) is 0 Å². The van der Waals surface area contributed by atoms with Crippen molar-refractivity contribution in [1.82, 2.24) is 15.2 Å². The van der Waals surface area contributed by atoms with Crippen LogP contribution >= 0.6 is 0 Å². The molecule has 5 heteroatoms. The molecule has 1 amide bonds. The molecule has 0 saturated heterocycles. The lowest BCUT2D eigenvalue weighted by atomic mass is 10.2. The first-order chi connectivity index (χ1) is 8.38. The second-order valence-corrected chi connectivity index (χ2v) is 4.81. The fraction of sp³-hybridized carbons (Fsp3) is 0.538. The fourth-order valence-electron chi connectivity index (χ4n) is 1.64. The molecule has 1 rings (SSSR count). The van der Waals surface area contributed by atoms with Crippen molar-refractivity contribution < 1.29 is 9.90 Å². The molecule has 100 valence electrons. The van der Waals surface area contributed by atoms with Crippen molar-refractivity contribution in [3.05, 3.63) is 23.5 Å². The zero-order chi connectivity index (χ0) is 13.7. The van der Waals surface area contributed by atoms with Gasteiger partial charge < -0.3 is 10.4 Å². The Morgan fingerprint density at radius 3 is 2.78 bits per heavy atom. The predicted molar refractivity (Wildman–Crippen MR) is 70.3 cm³/mol. The number of rotatable bonds is 5. The molecule has 0 aliphatic carbocycles. The number of hydrogen-bond donors (Lipinski definition) is 2. The van der Waals surface area contributed by atoms with Gasteiger partial charge in [-0.05, 0) is 40.0 Å². The van der Waals surface area contributed by atoms with Crippen molar-refractivity contribution in [2.24, 2.45) is 0 Å². The molecule has 1 aromatic heterocycles. The Morgan fingerprint density at radius 2 is 2.17 bits per heavy atom. The number of aromatic nitrogens is 1. The summed E-state index contributed by atoms with van der Waals surface area (Å²) in [5.74, 6) is 0.136. The molecule has 0 aliphatic rings. The zero-order valence-electron chi connectivity index (χ0n) is 11.4. The number of nitrogens with zero attached hydrogens (tertiary/aromatic N) is 2. The minimum absolute atomic E-state index is 0.0281. The van der Waals surface area contributed by atoms with Crippen LogP contribution in [-0.2, 0) is 11.3 Å². The van der Waals surface area contributed by atoms with Crippen LogP contribution in [0.25, 0.3) is 0 Å². The van der Waals surface area contributed by atoms with Crippen molar-refractivity contribution in [2.45, 2.75) is 33.4 Å². The number of hydrogen-bond acceptors (Lipinski definition) is 4. The summed E-state index contributed by atoms with van der Waals surface area (Å²) in [6, 6.07) is 3.51. The first-order valence-electron chi connectivity index (χ1n) is 6.02. The third kappa shape index (κ3) is 4.71. The lowest BCUT2D eigenvalue weighted by Crippen LogP contribution is -2.38. The molecule has 0 saturated carbocycles. The molecule has 1 aromatic rings. The maximum Gasteiger partial charge on any atom is 0.234 e. The highest BCUT2D eigenvalue weighted by Gasteiger charge is 2.11. The van der Waals surface area contributed by atoms with E-state index in [4.69, 9.17) is 0 Å². The summed E-state index contributed by atoms with van der Waals surface area (Å²) in [5, 5.41) is 12.5. The number of amides is 1. The first-order valence-corrected chi connectivity index (χ1v) is 6.02. The molecule has 0 aromatic carbocycles. The molecule has 0 bridgehead atoms. The van der Waals surface area contributed by atoms with Crippen LogP contribution in [0.15, 0.2) is 12.1 Å². The molecule has 0 radical (unpaired) electrons. The van der Waals surface area contributed by atoms with Gasteiger partial charge in [-0.3, -0.25) is 14.7 Å². The Kier molecular flexibility index (Phi) is 5.09. The van der Waals surface area contributed by atoms with Crippen LogP contribution in [0.3, 0.4) is 0 Å². The number of aromatic hydroxyl groups is 1. The number of carbonyl (C=O) groups excluding carboxylic acids is 1. The molecule has 0 unspecified atom stereocenters. The number of aryl methyl sites for hydroxylation is 1. The third-order valence-electron chi connectivity index (χ3n) is 2.37. The van der Waals surface area contributed by atoms with Gasteiger partial charge in [0.2, 0.25) is 5.91 Å². The van der Waals surface area contributed by atoms with E-state index >= 15 is 0 Å². The normalized spacial score (nSPS) is 11.0. The summed E-state index contributed by atoms with van der Waals surface area (Å²) in [7, 11) is 1.82. The average Bonchev–Trinajstić information content (AvgIpc) is 2.21. The van der Waals surface area contributed by atoms with E-state index in [1.165, 1.54) is 0 Å². The van der Waals surface area contributed by atoms with Gasteiger partial charge in [0.15, 0.2) is 0 Å². The molecule has 5 nitrogen and oxygen atoms in total. The Labute approximate surface area is 108 Å². The van der Waals surface area contributed by atoms with Crippen molar-refractivity contribution in [2.75, 3.05) is 13.6 Å². The predicted octanol–water partition coefficient (Wildman–Crippen LogP) is 1.05. The quantitative estimate of drug-likeness (QED) is 0.821. The number of nitrogens with one attached hydrogen (secondary N) is 1. The van der Waals surface area contributed by atoms with E-state index in [0.29, 0.717) is 12.2 Å². The fourth-order valence-corrected chi connectivity index (χ4v) is 1.64. The van der Waals surface area contributed by atoms with Crippen LogP contribution in [0, 0.1) is 6.92 Å². The molecule has 1 heterocycles. The van der Waals surface area contributed by atoms with Gasteiger partial charge >= 0.3 is 0 Å². The summed E-state index contributed by atoms with van der Waals surface area (Å²) in [5.41, 5.74) is 1.44. The van der Waals surface area contributed by atoms with Crippen LogP contribution in [0.1, 0.15) is 25.2 Å². The summed E-state index contributed by atoms with van der Waals surface area (Å²) in [6.45, 7) is 6.44. The Bertz CT molecular complexity index is 419. The molecule has 0 atom stereocenters. The van der Waals surface area contributed by atoms with Crippen LogP contribution < -0.4 is 5.32 Å². The summed E-state index contributed by atoms with van der Waals surface area (Å²) < 4.78 is 0. The van der Waals surface area contributed by atoms with E-state index in [9.17, 15) is 9.90 Å². The smallest absolute Gasteiger partial charge is 0.234 e. The van der Waals surface area contributed by atoms with E-state index in [-0.39, 0.29) is 24.2 Å². The number of carbonyl (C=O) groups is 1. The van der Waals surface area contributed by atoms with Gasteiger partial charge in [0, 0.05) is 18.3 Å². The van der Waals surface area contributed by atoms with E-state index in [1.54, 1.807) is 12.1 Å². The molecule has 0 fully saturated rings. The van der Waals surface area contributed by atoms with Gasteiger partial charge in [-0.2, -0.15) is 0 Å². The van der Waals surface area contributed by atoms with E-state index in [1.807, 2.05) is 32.7 Å². The minimum Gasteiger partial charge on any atom is -0.506 e. The van der Waals surface area contributed by atoms with E-state index < -0.39 is 0 Å². The summed E-state index contributed by atoms with van der Waals surface area (Å²) in [6.07, 6.45) is 0. The Balaban J connectivity index is 2.56. The Hall–Kier alpha value is -1.62. The first kappa shape index (κ1) is 14.4. The monoisotopic (exact) mass is 251 g/mol. The molecular weight excluding hydrogens is 230 g/mol. The molecular formula is C13H21N3O2. The second kappa shape index (κ2) is 6.35. The van der Waals surface area contributed by atoms with Gasteiger partial charge in [-0.1, -0.05) is 0 Å². The lowest BCUT2D eigenvalue weighted by molar-refractivity contribution is -0.122. The van der Waals surface area contributed by atoms with Crippen LogP contribution in [0.5, 0.6) is 5.75 Å². The zero-order valence-corrected chi connectivity index (χ0v) is 11.4. The molecule has 0 aliphatic heterocycles. The Morgan fingerprint density at radius 1 is 1.50 bits per heavy atom. The molecule has 0 spiro atoms. The van der Waals surface area contributed by atoms with E-state index in [2.05, 4.69) is 10.3 Å². The summed E-state index contributed by atoms with van der Waals surface area (Å²) >= 11 is 0. The van der Waals surface area contributed by atoms with Gasteiger partial charge in [0.05, 0.1) is 12.2 Å². The SMILES string of the molecule is Cc1ccc(O)c(CN(C)CC(=O)NC(C)C)n1. The highest BCUT2D eigenvalue weighted by molar-refractivity contribution is 5.78. The van der Waals surface area contributed by atoms with Crippen molar-refractivity contribution in [1.29, 1.82) is 0 Å². The number of likely N-dealkylation sites (N-methyl/N-ethyl adjacent to an activating group) is 1. The largest absolute Gasteiger partial charge is 0.506 e. The lowest BCUT2D eigenvalue weighted by Gasteiger charge is -2.17. The third-order valence-corrected chi connectivity index (χ3v) is 2.37. The van der Waals surface area contributed by atoms with Crippen molar-refractivity contribution in [3.63, 3.8) is 0 Å². The van der Waals surface area contributed by atoms with E-state index in [0.717, 1.165) is 5.69 Å². The van der Waals surface area contributed by atoms with Gasteiger partial charge in [-0.25, -0.2) is 0 Å². The molecule has 2 N–H and O–H groups in total. The van der Waals surface area contributed by atoms with Crippen molar-refractivity contribution >= 4 is 5.91 Å². The summed E-state index contributed by atoms with van der Waals surface area (Å²) in [4.78, 5) is 17.6. The highest BCUT2D eigenvalue weighted by Crippen LogP contribution is 2.15. The maximum absolute atomic E-state index is 11.6. The van der Waals surface area contributed by atoms with Crippen LogP contribution in [0.4, 0.5) is 0 Å². The van der Waals surface area contributed by atoms with Crippen LogP contribution in [-0.4, -0.2) is 40.5 Å². The van der Waals surface area contributed by atoms with Gasteiger partial charge in [0.25, 0.3) is 0 Å². The topological polar surface area (TPSA) is 65.5 Å². The maximum atomic E-state index is 11.6. The second-order valence-electron chi connectivity index (χ2n) is 4.81. The molecule has 18 heavy (non-hydrogen) atoms. The minimum atomic E-state index is -0.0281. The number of pyridine rings is 1. The standard InChI is InChI=1S/C13H21N3O2/c1-9(2)14-13(18)8-16(4)7-11-12(17)6-5-10(3)15-11/h5-6,9,17H,7-8H2,1-4H3,(H,14,18).